The van der Waals surface area contributed by atoms with E-state index in [1.807, 2.05) is 66.7 Å². The van der Waals surface area contributed by atoms with Crippen molar-refractivity contribution in [3.05, 3.63) is 156 Å². The van der Waals surface area contributed by atoms with Crippen molar-refractivity contribution in [2.75, 3.05) is 11.5 Å². The van der Waals surface area contributed by atoms with E-state index in [9.17, 15) is 0 Å². The molecule has 6 N–H and O–H groups in total. The first-order valence-electron chi connectivity index (χ1n) is 16.6. The van der Waals surface area contributed by atoms with Crippen molar-refractivity contribution < 1.29 is 0 Å². The van der Waals surface area contributed by atoms with Crippen molar-refractivity contribution in [3.63, 3.8) is 0 Å². The van der Waals surface area contributed by atoms with E-state index in [4.69, 9.17) is 21.4 Å². The molecule has 9 rings (SSSR count). The first kappa shape index (κ1) is 29.2. The van der Waals surface area contributed by atoms with Crippen molar-refractivity contribution >= 4 is 57.7 Å². The van der Waals surface area contributed by atoms with E-state index in [1.54, 1.807) is 0 Å². The van der Waals surface area contributed by atoms with Crippen LogP contribution in [0.5, 0.6) is 0 Å². The Morgan fingerprint density at radius 1 is 0.340 bits per heavy atom. The normalized spacial score (nSPS) is 12.0. The smallest absolute Gasteiger partial charge is 0.0738 e. The molecule has 0 unspecified atom stereocenters. The van der Waals surface area contributed by atoms with Crippen molar-refractivity contribution in [3.8, 4) is 44.5 Å². The van der Waals surface area contributed by atoms with Crippen LogP contribution in [-0.2, 0) is 0 Å². The van der Waals surface area contributed by atoms with Gasteiger partial charge in [0.1, 0.15) is 0 Å². The van der Waals surface area contributed by atoms with Gasteiger partial charge in [0.05, 0.1) is 22.8 Å². The summed E-state index contributed by atoms with van der Waals surface area (Å²) in [5, 5.41) is 0. The van der Waals surface area contributed by atoms with Crippen LogP contribution in [0.25, 0.3) is 90.9 Å². The second-order valence-corrected chi connectivity index (χ2v) is 12.4. The minimum absolute atomic E-state index is 0.654. The van der Waals surface area contributed by atoms with Gasteiger partial charge in [0.15, 0.2) is 0 Å². The lowest BCUT2D eigenvalue weighted by molar-refractivity contribution is 1.28. The van der Waals surface area contributed by atoms with Crippen LogP contribution in [-0.4, -0.2) is 19.9 Å². The molecule has 0 amide bonds. The van der Waals surface area contributed by atoms with Gasteiger partial charge in [-0.25, -0.2) is 9.97 Å². The fourth-order valence-corrected chi connectivity index (χ4v) is 7.04. The molecule has 2 aliphatic rings. The van der Waals surface area contributed by atoms with Crippen LogP contribution in [0.2, 0.25) is 0 Å². The van der Waals surface area contributed by atoms with E-state index in [0.717, 1.165) is 89.4 Å². The van der Waals surface area contributed by atoms with Gasteiger partial charge in [0.2, 0.25) is 0 Å². The molecule has 6 heteroatoms. The SMILES string of the molecule is Nc1ccccc1-c1c2nc(c(-c3ccccc3)c3ccc([nH]3)c(-c3ccccc3)c3ccc([nH]3)c(-c3ccccc3N)c3nc1C=C3)C=C2. The van der Waals surface area contributed by atoms with Crippen molar-refractivity contribution in [1.29, 1.82) is 0 Å². The van der Waals surface area contributed by atoms with Gasteiger partial charge in [-0.1, -0.05) is 97.1 Å². The molecule has 0 atom stereocenters. The lowest BCUT2D eigenvalue weighted by atomic mass is 10.0. The molecule has 0 aliphatic carbocycles. The van der Waals surface area contributed by atoms with E-state index in [0.29, 0.717) is 11.4 Å². The Hall–Kier alpha value is -6.92. The molecule has 0 saturated heterocycles. The molecule has 3 aromatic heterocycles. The highest BCUT2D eigenvalue weighted by Gasteiger charge is 2.20. The van der Waals surface area contributed by atoms with E-state index in [1.165, 1.54) is 0 Å². The number of aromatic amines is 2. The molecular formula is C44H32N6. The molecular weight excluding hydrogens is 613 g/mol. The Bertz CT molecular complexity index is 2660. The number of nitrogens with two attached hydrogens (primary N) is 2. The van der Waals surface area contributed by atoms with Gasteiger partial charge < -0.3 is 21.4 Å². The summed E-state index contributed by atoms with van der Waals surface area (Å²) < 4.78 is 0. The number of benzene rings is 4. The third-order valence-corrected chi connectivity index (χ3v) is 9.34. The summed E-state index contributed by atoms with van der Waals surface area (Å²) in [6.45, 7) is 0. The Morgan fingerprint density at radius 3 is 1.20 bits per heavy atom. The van der Waals surface area contributed by atoms with E-state index >= 15 is 0 Å². The van der Waals surface area contributed by atoms with Gasteiger partial charge in [-0.05, 0) is 71.8 Å². The molecule has 6 nitrogen and oxygen atoms in total. The third-order valence-electron chi connectivity index (χ3n) is 9.34. The minimum Gasteiger partial charge on any atom is -0.398 e. The number of hydrogen-bond donors (Lipinski definition) is 4. The summed E-state index contributed by atoms with van der Waals surface area (Å²) in [6.07, 6.45) is 8.25. The quantitative estimate of drug-likeness (QED) is 0.143. The number of fused-ring (bicyclic) bond motifs is 8. The average molecular weight is 645 g/mol. The highest BCUT2D eigenvalue weighted by Crippen LogP contribution is 2.40. The Kier molecular flexibility index (Phi) is 6.99. The Morgan fingerprint density at radius 2 is 0.700 bits per heavy atom. The van der Waals surface area contributed by atoms with Gasteiger partial charge in [0, 0.05) is 66.8 Å². The van der Waals surface area contributed by atoms with Crippen molar-refractivity contribution in [1.82, 2.24) is 19.9 Å². The maximum atomic E-state index is 6.66. The number of anilines is 2. The van der Waals surface area contributed by atoms with E-state index < -0.39 is 0 Å². The van der Waals surface area contributed by atoms with Crippen LogP contribution in [0, 0.1) is 0 Å². The first-order valence-corrected chi connectivity index (χ1v) is 16.6. The van der Waals surface area contributed by atoms with Crippen LogP contribution in [0.3, 0.4) is 0 Å². The van der Waals surface area contributed by atoms with Crippen molar-refractivity contribution in [2.45, 2.75) is 0 Å². The largest absolute Gasteiger partial charge is 0.398 e. The highest BCUT2D eigenvalue weighted by molar-refractivity contribution is 6.01. The highest BCUT2D eigenvalue weighted by atomic mass is 14.8. The van der Waals surface area contributed by atoms with E-state index in [-0.39, 0.29) is 0 Å². The number of rotatable bonds is 4. The number of para-hydroxylation sites is 2. The molecule has 4 aromatic carbocycles. The van der Waals surface area contributed by atoms with Crippen LogP contribution in [0.15, 0.2) is 133 Å². The molecule has 2 aliphatic heterocycles. The van der Waals surface area contributed by atoms with Gasteiger partial charge in [-0.2, -0.15) is 0 Å². The molecule has 7 aromatic rings. The Balaban J connectivity index is 1.50. The molecule has 0 fully saturated rings. The number of nitrogens with one attached hydrogen (secondary N) is 2. The van der Waals surface area contributed by atoms with Gasteiger partial charge in [-0.3, -0.25) is 0 Å². The predicted molar refractivity (Wildman–Crippen MR) is 209 cm³/mol. The zero-order valence-corrected chi connectivity index (χ0v) is 27.1. The molecule has 8 bridgehead atoms. The summed E-state index contributed by atoms with van der Waals surface area (Å²) in [6, 6.07) is 45.2. The second kappa shape index (κ2) is 12.0. The summed E-state index contributed by atoms with van der Waals surface area (Å²) in [4.78, 5) is 18.2. The maximum absolute atomic E-state index is 6.66. The molecule has 5 heterocycles. The average Bonchev–Trinajstić information content (AvgIpc) is 3.98. The second-order valence-electron chi connectivity index (χ2n) is 12.4. The standard InChI is InChI=1S/C44H32N6/c45-31-17-9-7-15-29(31)43-37-23-21-35(48-37)41(27-11-3-1-4-12-27)33-19-20-34(47-33)42(28-13-5-2-6-14-28)36-22-24-38(49-36)44(40-26-25-39(43)50-40)30-16-8-10-18-32(30)46/h1-26,47-48H,45-46H2. The van der Waals surface area contributed by atoms with Crippen molar-refractivity contribution in [2.24, 2.45) is 0 Å². The Labute approximate surface area is 289 Å². The van der Waals surface area contributed by atoms with Gasteiger partial charge in [0.25, 0.3) is 0 Å². The number of hydrogen-bond acceptors (Lipinski definition) is 4. The predicted octanol–water partition coefficient (Wildman–Crippen LogP) is 10.5. The van der Waals surface area contributed by atoms with Crippen LogP contribution in [0.1, 0.15) is 22.8 Å². The van der Waals surface area contributed by atoms with Gasteiger partial charge >= 0.3 is 0 Å². The minimum atomic E-state index is 0.654. The number of nitrogen functional groups attached to an aromatic ring is 2. The van der Waals surface area contributed by atoms with Crippen LogP contribution in [0.4, 0.5) is 11.4 Å². The molecule has 50 heavy (non-hydrogen) atoms. The summed E-state index contributed by atoms with van der Waals surface area (Å²) in [5.41, 5.74) is 29.4. The number of aromatic nitrogens is 4. The summed E-state index contributed by atoms with van der Waals surface area (Å²) in [7, 11) is 0. The van der Waals surface area contributed by atoms with Crippen LogP contribution < -0.4 is 11.5 Å². The maximum Gasteiger partial charge on any atom is 0.0738 e. The molecule has 0 saturated carbocycles. The van der Waals surface area contributed by atoms with E-state index in [2.05, 4.69) is 101 Å². The van der Waals surface area contributed by atoms with Crippen LogP contribution >= 0.6 is 0 Å². The topological polar surface area (TPSA) is 109 Å². The molecule has 0 spiro atoms. The number of nitrogens with zero attached hydrogens (tertiary/aromatic N) is 2. The lowest BCUT2D eigenvalue weighted by Crippen LogP contribution is -1.95. The lowest BCUT2D eigenvalue weighted by Gasteiger charge is -2.09. The summed E-state index contributed by atoms with van der Waals surface area (Å²) >= 11 is 0. The first-order chi connectivity index (χ1) is 24.6. The summed E-state index contributed by atoms with van der Waals surface area (Å²) in [5.74, 6) is 0. The fourth-order valence-electron chi connectivity index (χ4n) is 7.04. The zero-order valence-electron chi connectivity index (χ0n) is 27.1. The molecule has 238 valence electrons. The van der Waals surface area contributed by atoms with Gasteiger partial charge in [-0.15, -0.1) is 0 Å². The zero-order chi connectivity index (χ0) is 33.6. The third kappa shape index (κ3) is 4.98. The molecule has 0 radical (unpaired) electrons. The number of H-pyrrole nitrogens is 2. The fraction of sp³-hybridized carbons (Fsp3) is 0. The monoisotopic (exact) mass is 644 g/mol.